The van der Waals surface area contributed by atoms with Gasteiger partial charge in [-0.1, -0.05) is 62.4 Å². The topological polar surface area (TPSA) is 139 Å². The second-order valence-electron chi connectivity index (χ2n) is 8.21. The molecule has 0 fully saturated rings. The average molecular weight is 491 g/mol. The van der Waals surface area contributed by atoms with Crippen molar-refractivity contribution in [3.63, 3.8) is 0 Å². The van der Waals surface area contributed by atoms with Crippen molar-refractivity contribution >= 4 is 27.8 Å². The molecular formula is C24H30N2O7S. The molecule has 10 heteroatoms. The number of sulfone groups is 1. The second-order valence-corrected chi connectivity index (χ2v) is 10.3. The fourth-order valence-electron chi connectivity index (χ4n) is 3.16. The van der Waals surface area contributed by atoms with Crippen molar-refractivity contribution in [3.8, 4) is 0 Å². The Kier molecular flexibility index (Phi) is 10.1. The zero-order chi connectivity index (χ0) is 25.1. The SMILES string of the molecule is CC(C)C[C@H](NC(=O)OCc1ccccc1)C(=O)N[C@H](CCS(=O)(=O)c1ccccc1)C(=O)O. The zero-order valence-corrected chi connectivity index (χ0v) is 20.0. The van der Waals surface area contributed by atoms with Crippen LogP contribution >= 0.6 is 0 Å². The molecule has 0 heterocycles. The van der Waals surface area contributed by atoms with Crippen molar-refractivity contribution < 1.29 is 32.6 Å². The average Bonchev–Trinajstić information content (AvgIpc) is 2.80. The molecular weight excluding hydrogens is 460 g/mol. The number of carboxylic acids is 1. The minimum absolute atomic E-state index is 0.00640. The van der Waals surface area contributed by atoms with Gasteiger partial charge in [-0.3, -0.25) is 4.79 Å². The second kappa shape index (κ2) is 12.7. The van der Waals surface area contributed by atoms with Gasteiger partial charge in [-0.25, -0.2) is 18.0 Å². The van der Waals surface area contributed by atoms with Crippen LogP contribution in [0.25, 0.3) is 0 Å². The van der Waals surface area contributed by atoms with E-state index in [2.05, 4.69) is 10.6 Å². The molecule has 0 bridgehead atoms. The Hall–Kier alpha value is -3.40. The van der Waals surface area contributed by atoms with Crippen LogP contribution in [-0.2, 0) is 30.8 Å². The molecule has 0 aliphatic carbocycles. The van der Waals surface area contributed by atoms with Gasteiger partial charge in [-0.15, -0.1) is 0 Å². The molecule has 0 saturated heterocycles. The summed E-state index contributed by atoms with van der Waals surface area (Å²) in [6, 6.07) is 14.2. The van der Waals surface area contributed by atoms with Crippen molar-refractivity contribution in [2.75, 3.05) is 5.75 Å². The maximum absolute atomic E-state index is 12.8. The van der Waals surface area contributed by atoms with Gasteiger partial charge in [0, 0.05) is 0 Å². The summed E-state index contributed by atoms with van der Waals surface area (Å²) in [4.78, 5) is 36.8. The summed E-state index contributed by atoms with van der Waals surface area (Å²) < 4.78 is 30.1. The van der Waals surface area contributed by atoms with E-state index >= 15 is 0 Å². The molecule has 2 aromatic rings. The fourth-order valence-corrected chi connectivity index (χ4v) is 4.51. The summed E-state index contributed by atoms with van der Waals surface area (Å²) in [5.41, 5.74) is 0.771. The van der Waals surface area contributed by atoms with Crippen LogP contribution in [0.15, 0.2) is 65.6 Å². The molecule has 2 amide bonds. The minimum Gasteiger partial charge on any atom is -0.480 e. The van der Waals surface area contributed by atoms with E-state index in [1.165, 1.54) is 12.1 Å². The Labute approximate surface area is 199 Å². The van der Waals surface area contributed by atoms with Crippen LogP contribution in [0, 0.1) is 5.92 Å². The first-order valence-electron chi connectivity index (χ1n) is 10.9. The fraction of sp³-hybridized carbons (Fsp3) is 0.375. The summed E-state index contributed by atoms with van der Waals surface area (Å²) in [7, 11) is -3.72. The van der Waals surface area contributed by atoms with Crippen LogP contribution in [0.2, 0.25) is 0 Å². The highest BCUT2D eigenvalue weighted by molar-refractivity contribution is 7.91. The number of ether oxygens (including phenoxy) is 1. The predicted molar refractivity (Wildman–Crippen MR) is 126 cm³/mol. The Morgan fingerprint density at radius 1 is 0.912 bits per heavy atom. The van der Waals surface area contributed by atoms with Crippen LogP contribution in [0.4, 0.5) is 4.79 Å². The summed E-state index contributed by atoms with van der Waals surface area (Å²) in [5, 5.41) is 14.4. The first kappa shape index (κ1) is 26.8. The van der Waals surface area contributed by atoms with Gasteiger partial charge < -0.3 is 20.5 Å². The monoisotopic (exact) mass is 490 g/mol. The Bertz CT molecular complexity index is 1060. The van der Waals surface area contributed by atoms with Crippen molar-refractivity contribution in [3.05, 3.63) is 66.2 Å². The van der Waals surface area contributed by atoms with Crippen LogP contribution in [0.1, 0.15) is 32.3 Å². The van der Waals surface area contributed by atoms with E-state index in [0.29, 0.717) is 0 Å². The molecule has 34 heavy (non-hydrogen) atoms. The van der Waals surface area contributed by atoms with Crippen molar-refractivity contribution in [2.24, 2.45) is 5.92 Å². The van der Waals surface area contributed by atoms with Crippen LogP contribution < -0.4 is 10.6 Å². The number of alkyl carbamates (subject to hydrolysis) is 1. The van der Waals surface area contributed by atoms with Gasteiger partial charge in [0.2, 0.25) is 5.91 Å². The van der Waals surface area contributed by atoms with E-state index in [-0.39, 0.29) is 30.3 Å². The molecule has 0 aromatic heterocycles. The third-order valence-electron chi connectivity index (χ3n) is 4.92. The molecule has 2 aromatic carbocycles. The van der Waals surface area contributed by atoms with E-state index in [9.17, 15) is 27.9 Å². The third kappa shape index (κ3) is 8.86. The minimum atomic E-state index is -3.72. The van der Waals surface area contributed by atoms with E-state index < -0.39 is 45.6 Å². The van der Waals surface area contributed by atoms with Gasteiger partial charge in [0.1, 0.15) is 18.7 Å². The van der Waals surface area contributed by atoms with Gasteiger partial charge in [0.25, 0.3) is 0 Å². The normalized spacial score (nSPS) is 13.0. The molecule has 0 saturated carbocycles. The van der Waals surface area contributed by atoms with Crippen LogP contribution in [0.5, 0.6) is 0 Å². The number of hydrogen-bond donors (Lipinski definition) is 3. The first-order chi connectivity index (χ1) is 16.1. The quantitative estimate of drug-likeness (QED) is 0.416. The van der Waals surface area contributed by atoms with E-state index in [1.807, 2.05) is 19.9 Å². The van der Waals surface area contributed by atoms with Gasteiger partial charge >= 0.3 is 12.1 Å². The first-order valence-corrected chi connectivity index (χ1v) is 12.5. The number of carbonyl (C=O) groups excluding carboxylic acids is 2. The number of carbonyl (C=O) groups is 3. The summed E-state index contributed by atoms with van der Waals surface area (Å²) in [5.74, 6) is -2.55. The summed E-state index contributed by atoms with van der Waals surface area (Å²) >= 11 is 0. The largest absolute Gasteiger partial charge is 0.480 e. The van der Waals surface area contributed by atoms with E-state index in [0.717, 1.165) is 5.56 Å². The lowest BCUT2D eigenvalue weighted by Gasteiger charge is -2.22. The summed E-state index contributed by atoms with van der Waals surface area (Å²) in [6.07, 6.45) is -0.908. The molecule has 184 valence electrons. The number of benzene rings is 2. The van der Waals surface area contributed by atoms with E-state index in [1.54, 1.807) is 42.5 Å². The third-order valence-corrected chi connectivity index (χ3v) is 6.68. The van der Waals surface area contributed by atoms with Gasteiger partial charge in [0.05, 0.1) is 10.6 Å². The zero-order valence-electron chi connectivity index (χ0n) is 19.1. The number of aliphatic carboxylic acids is 1. The lowest BCUT2D eigenvalue weighted by molar-refractivity contribution is -0.142. The van der Waals surface area contributed by atoms with Crippen LogP contribution in [0.3, 0.4) is 0 Å². The molecule has 0 radical (unpaired) electrons. The molecule has 0 spiro atoms. The highest BCUT2D eigenvalue weighted by atomic mass is 32.2. The number of hydrogen-bond acceptors (Lipinski definition) is 6. The molecule has 0 aliphatic rings. The molecule has 3 N–H and O–H groups in total. The Morgan fingerprint density at radius 3 is 2.06 bits per heavy atom. The molecule has 0 unspecified atom stereocenters. The number of carboxylic acid groups (broad SMARTS) is 1. The number of nitrogens with one attached hydrogen (secondary N) is 2. The van der Waals surface area contributed by atoms with E-state index in [4.69, 9.17) is 4.74 Å². The standard InChI is InChI=1S/C24H30N2O7S/c1-17(2)15-21(26-24(30)33-16-18-9-5-3-6-10-18)22(27)25-20(23(28)29)13-14-34(31,32)19-11-7-4-8-12-19/h3-12,17,20-21H,13-16H2,1-2H3,(H,25,27)(H,26,30)(H,28,29)/t20-,21+/m1/s1. The molecule has 2 rings (SSSR count). The van der Waals surface area contributed by atoms with Gasteiger partial charge in [0.15, 0.2) is 9.84 Å². The predicted octanol–water partition coefficient (Wildman–Crippen LogP) is 2.76. The van der Waals surface area contributed by atoms with Crippen molar-refractivity contribution in [2.45, 2.75) is 50.3 Å². The van der Waals surface area contributed by atoms with Gasteiger partial charge in [-0.05, 0) is 36.5 Å². The lowest BCUT2D eigenvalue weighted by atomic mass is 10.0. The maximum atomic E-state index is 12.8. The lowest BCUT2D eigenvalue weighted by Crippen LogP contribution is -2.52. The smallest absolute Gasteiger partial charge is 0.408 e. The number of rotatable bonds is 12. The van der Waals surface area contributed by atoms with Crippen molar-refractivity contribution in [1.29, 1.82) is 0 Å². The maximum Gasteiger partial charge on any atom is 0.408 e. The molecule has 0 aliphatic heterocycles. The van der Waals surface area contributed by atoms with Crippen molar-refractivity contribution in [1.82, 2.24) is 10.6 Å². The van der Waals surface area contributed by atoms with Crippen LogP contribution in [-0.4, -0.2) is 49.3 Å². The molecule has 2 atom stereocenters. The highest BCUT2D eigenvalue weighted by Gasteiger charge is 2.29. The van der Waals surface area contributed by atoms with Gasteiger partial charge in [-0.2, -0.15) is 0 Å². The highest BCUT2D eigenvalue weighted by Crippen LogP contribution is 2.13. The number of amides is 2. The Balaban J connectivity index is 2.00. The Morgan fingerprint density at radius 2 is 1.50 bits per heavy atom. The molecule has 9 nitrogen and oxygen atoms in total. The summed E-state index contributed by atoms with van der Waals surface area (Å²) in [6.45, 7) is 3.70.